The Morgan fingerprint density at radius 1 is 1.47 bits per heavy atom. The van der Waals surface area contributed by atoms with Crippen molar-refractivity contribution in [2.75, 3.05) is 13.7 Å². The van der Waals surface area contributed by atoms with Crippen LogP contribution in [0.15, 0.2) is 5.38 Å². The van der Waals surface area contributed by atoms with Crippen molar-refractivity contribution in [3.8, 4) is 0 Å². The van der Waals surface area contributed by atoms with Gasteiger partial charge in [-0.25, -0.2) is 4.98 Å². The summed E-state index contributed by atoms with van der Waals surface area (Å²) in [4.78, 5) is 4.58. The van der Waals surface area contributed by atoms with Crippen LogP contribution in [0.5, 0.6) is 0 Å². The van der Waals surface area contributed by atoms with Crippen LogP contribution >= 0.6 is 11.3 Å². The Hall–Kier alpha value is -0.450. The van der Waals surface area contributed by atoms with E-state index >= 15 is 0 Å². The highest BCUT2D eigenvalue weighted by atomic mass is 32.1. The van der Waals surface area contributed by atoms with Crippen LogP contribution in [0, 0.1) is 0 Å². The molecule has 0 aromatic carbocycles. The second-order valence-electron chi connectivity index (χ2n) is 4.07. The van der Waals surface area contributed by atoms with E-state index in [0.29, 0.717) is 12.0 Å². The topological polar surface area (TPSA) is 34.1 Å². The molecule has 0 radical (unpaired) electrons. The van der Waals surface area contributed by atoms with E-state index in [1.54, 1.807) is 18.4 Å². The molecule has 1 aromatic heterocycles. The molecule has 0 saturated heterocycles. The van der Waals surface area contributed by atoms with Crippen LogP contribution in [-0.4, -0.2) is 24.7 Å². The van der Waals surface area contributed by atoms with Gasteiger partial charge >= 0.3 is 0 Å². The Morgan fingerprint density at radius 3 is 2.80 bits per heavy atom. The van der Waals surface area contributed by atoms with Gasteiger partial charge in [-0.3, -0.25) is 0 Å². The fraction of sp³-hybridized carbons (Fsp3) is 0.727. The van der Waals surface area contributed by atoms with Gasteiger partial charge in [-0.2, -0.15) is 0 Å². The fourth-order valence-corrected chi connectivity index (χ4v) is 2.12. The Balaban J connectivity index is 2.48. The number of aromatic nitrogens is 1. The zero-order chi connectivity index (χ0) is 11.3. The predicted octanol–water partition coefficient (Wildman–Crippen LogP) is 2.39. The van der Waals surface area contributed by atoms with Gasteiger partial charge in [0.05, 0.1) is 17.3 Å². The van der Waals surface area contributed by atoms with Crippen LogP contribution in [0.25, 0.3) is 0 Å². The zero-order valence-electron chi connectivity index (χ0n) is 9.91. The number of thiazole rings is 1. The third-order valence-corrected chi connectivity index (χ3v) is 3.22. The van der Waals surface area contributed by atoms with Crippen molar-refractivity contribution < 1.29 is 4.74 Å². The summed E-state index contributed by atoms with van der Waals surface area (Å²) in [6.45, 7) is 8.02. The summed E-state index contributed by atoms with van der Waals surface area (Å²) in [5, 5.41) is 6.65. The molecule has 0 aliphatic heterocycles. The monoisotopic (exact) mass is 228 g/mol. The van der Waals surface area contributed by atoms with E-state index in [-0.39, 0.29) is 0 Å². The first-order chi connectivity index (χ1) is 7.13. The quantitative estimate of drug-likeness (QED) is 0.812. The van der Waals surface area contributed by atoms with E-state index in [1.807, 2.05) is 0 Å². The average Bonchev–Trinajstić information content (AvgIpc) is 2.63. The van der Waals surface area contributed by atoms with Crippen LogP contribution < -0.4 is 5.32 Å². The summed E-state index contributed by atoms with van der Waals surface area (Å²) in [6, 6.07) is 0.506. The lowest BCUT2D eigenvalue weighted by molar-refractivity contribution is 0.184. The third-order valence-electron chi connectivity index (χ3n) is 2.10. The van der Waals surface area contributed by atoms with Gasteiger partial charge in [0.2, 0.25) is 0 Å². The molecule has 1 unspecified atom stereocenters. The lowest BCUT2D eigenvalue weighted by Gasteiger charge is -2.06. The highest BCUT2D eigenvalue weighted by Crippen LogP contribution is 2.20. The van der Waals surface area contributed by atoms with Gasteiger partial charge in [0.25, 0.3) is 0 Å². The minimum Gasteiger partial charge on any atom is -0.384 e. The standard InChI is InChI=1S/C11H20N2OS/c1-8(2)12-5-10-7-15-11(13-10)9(3)6-14-4/h7-9,12H,5-6H2,1-4H3. The maximum atomic E-state index is 5.12. The van der Waals surface area contributed by atoms with Gasteiger partial charge in [-0.05, 0) is 0 Å². The molecule has 3 nitrogen and oxygen atoms in total. The SMILES string of the molecule is COCC(C)c1nc(CNC(C)C)cs1. The van der Waals surface area contributed by atoms with E-state index in [0.717, 1.165) is 23.9 Å². The van der Waals surface area contributed by atoms with Crippen molar-refractivity contribution in [2.45, 2.75) is 39.3 Å². The van der Waals surface area contributed by atoms with Gasteiger partial charge in [0.15, 0.2) is 0 Å². The van der Waals surface area contributed by atoms with Crippen molar-refractivity contribution in [2.24, 2.45) is 0 Å². The molecule has 4 heteroatoms. The Labute approximate surface area is 95.9 Å². The number of nitrogens with one attached hydrogen (secondary N) is 1. The molecule has 1 rings (SSSR count). The van der Waals surface area contributed by atoms with Crippen molar-refractivity contribution in [3.63, 3.8) is 0 Å². The molecule has 1 aromatic rings. The molecule has 0 aliphatic rings. The van der Waals surface area contributed by atoms with Crippen LogP contribution in [0.1, 0.15) is 37.4 Å². The van der Waals surface area contributed by atoms with Gasteiger partial charge < -0.3 is 10.1 Å². The molecular formula is C11H20N2OS. The summed E-state index contributed by atoms with van der Waals surface area (Å²) in [5.41, 5.74) is 1.13. The van der Waals surface area contributed by atoms with Crippen LogP contribution in [0.3, 0.4) is 0 Å². The summed E-state index contributed by atoms with van der Waals surface area (Å²) in [5.74, 6) is 0.396. The largest absolute Gasteiger partial charge is 0.384 e. The van der Waals surface area contributed by atoms with Gasteiger partial charge in [-0.1, -0.05) is 20.8 Å². The first kappa shape index (κ1) is 12.6. The summed E-state index contributed by atoms with van der Waals surface area (Å²) in [7, 11) is 1.73. The molecule has 15 heavy (non-hydrogen) atoms. The first-order valence-electron chi connectivity index (χ1n) is 5.30. The maximum Gasteiger partial charge on any atom is 0.0980 e. The van der Waals surface area contributed by atoms with E-state index in [1.165, 1.54) is 0 Å². The number of hydrogen-bond acceptors (Lipinski definition) is 4. The Morgan fingerprint density at radius 2 is 2.20 bits per heavy atom. The number of hydrogen-bond donors (Lipinski definition) is 1. The molecule has 1 atom stereocenters. The zero-order valence-corrected chi connectivity index (χ0v) is 10.7. The van der Waals surface area contributed by atoms with Crippen molar-refractivity contribution >= 4 is 11.3 Å². The normalized spacial score (nSPS) is 13.4. The second kappa shape index (κ2) is 6.20. The highest BCUT2D eigenvalue weighted by Gasteiger charge is 2.10. The number of methoxy groups -OCH3 is 1. The Kier molecular flexibility index (Phi) is 5.22. The molecule has 86 valence electrons. The number of rotatable bonds is 6. The minimum atomic E-state index is 0.396. The van der Waals surface area contributed by atoms with Gasteiger partial charge in [0.1, 0.15) is 0 Å². The van der Waals surface area contributed by atoms with E-state index in [2.05, 4.69) is 36.5 Å². The predicted molar refractivity (Wildman–Crippen MR) is 64.4 cm³/mol. The van der Waals surface area contributed by atoms with Crippen LogP contribution in [0.4, 0.5) is 0 Å². The summed E-state index contributed by atoms with van der Waals surface area (Å²) in [6.07, 6.45) is 0. The number of nitrogens with zero attached hydrogens (tertiary/aromatic N) is 1. The van der Waals surface area contributed by atoms with Crippen LogP contribution in [-0.2, 0) is 11.3 Å². The molecule has 1 heterocycles. The van der Waals surface area contributed by atoms with Crippen molar-refractivity contribution in [1.82, 2.24) is 10.3 Å². The molecular weight excluding hydrogens is 208 g/mol. The van der Waals surface area contributed by atoms with E-state index < -0.39 is 0 Å². The lowest BCUT2D eigenvalue weighted by Crippen LogP contribution is -2.22. The molecule has 0 bridgehead atoms. The smallest absolute Gasteiger partial charge is 0.0980 e. The molecule has 0 spiro atoms. The van der Waals surface area contributed by atoms with E-state index in [4.69, 9.17) is 4.74 Å². The first-order valence-corrected chi connectivity index (χ1v) is 6.18. The minimum absolute atomic E-state index is 0.396. The lowest BCUT2D eigenvalue weighted by atomic mass is 10.2. The van der Waals surface area contributed by atoms with E-state index in [9.17, 15) is 0 Å². The van der Waals surface area contributed by atoms with Crippen molar-refractivity contribution in [3.05, 3.63) is 16.1 Å². The molecule has 0 saturated carbocycles. The summed E-state index contributed by atoms with van der Waals surface area (Å²) >= 11 is 1.72. The fourth-order valence-electron chi connectivity index (χ4n) is 1.26. The van der Waals surface area contributed by atoms with Gasteiger partial charge in [0, 0.05) is 31.0 Å². The van der Waals surface area contributed by atoms with Crippen molar-refractivity contribution in [1.29, 1.82) is 0 Å². The van der Waals surface area contributed by atoms with Crippen LogP contribution in [0.2, 0.25) is 0 Å². The maximum absolute atomic E-state index is 5.12. The molecule has 1 N–H and O–H groups in total. The molecule has 0 aliphatic carbocycles. The molecule has 0 amide bonds. The highest BCUT2D eigenvalue weighted by molar-refractivity contribution is 7.09. The Bertz CT molecular complexity index is 286. The average molecular weight is 228 g/mol. The second-order valence-corrected chi connectivity index (χ2v) is 4.96. The molecule has 0 fully saturated rings. The summed E-state index contributed by atoms with van der Waals surface area (Å²) < 4.78 is 5.12. The third kappa shape index (κ3) is 4.28. The van der Waals surface area contributed by atoms with Gasteiger partial charge in [-0.15, -0.1) is 11.3 Å². The number of ether oxygens (including phenoxy) is 1.